The van der Waals surface area contributed by atoms with Crippen molar-refractivity contribution in [1.82, 2.24) is 20.0 Å². The molecule has 0 spiro atoms. The van der Waals surface area contributed by atoms with E-state index in [0.717, 1.165) is 55.4 Å². The van der Waals surface area contributed by atoms with Gasteiger partial charge in [0.1, 0.15) is 23.1 Å². The molecule has 0 radical (unpaired) electrons. The van der Waals surface area contributed by atoms with Crippen LogP contribution in [0.5, 0.6) is 0 Å². The Morgan fingerprint density at radius 2 is 2.04 bits per heavy atom. The molecule has 24 heavy (non-hydrogen) atoms. The summed E-state index contributed by atoms with van der Waals surface area (Å²) in [5.41, 5.74) is 3.34. The lowest BCUT2D eigenvalue weighted by Crippen LogP contribution is -2.20. The molecule has 6 nitrogen and oxygen atoms in total. The molecule has 1 aliphatic heterocycles. The van der Waals surface area contributed by atoms with Gasteiger partial charge < -0.3 is 14.7 Å². The molecule has 3 heterocycles. The van der Waals surface area contributed by atoms with Crippen molar-refractivity contribution in [3.8, 4) is 0 Å². The fraction of sp³-hybridized carbons (Fsp3) is 0.611. The predicted octanol–water partition coefficient (Wildman–Crippen LogP) is 2.61. The van der Waals surface area contributed by atoms with Gasteiger partial charge in [-0.1, -0.05) is 19.0 Å². The Kier molecular flexibility index (Phi) is 5.14. The number of nitrogens with one attached hydrogen (secondary N) is 1. The van der Waals surface area contributed by atoms with Crippen molar-refractivity contribution in [2.45, 2.75) is 46.6 Å². The third-order valence-electron chi connectivity index (χ3n) is 4.33. The van der Waals surface area contributed by atoms with E-state index in [0.29, 0.717) is 12.5 Å². The number of rotatable bonds is 5. The lowest BCUT2D eigenvalue weighted by atomic mass is 10.1. The van der Waals surface area contributed by atoms with Crippen molar-refractivity contribution in [2.75, 3.05) is 25.5 Å². The summed E-state index contributed by atoms with van der Waals surface area (Å²) >= 11 is 0. The van der Waals surface area contributed by atoms with Crippen LogP contribution in [0.3, 0.4) is 0 Å². The number of aromatic nitrogens is 3. The summed E-state index contributed by atoms with van der Waals surface area (Å²) in [6.07, 6.45) is 2.87. The van der Waals surface area contributed by atoms with E-state index in [4.69, 9.17) is 4.52 Å². The van der Waals surface area contributed by atoms with Crippen LogP contribution in [0.4, 0.5) is 5.82 Å². The first-order valence-electron chi connectivity index (χ1n) is 8.74. The van der Waals surface area contributed by atoms with Gasteiger partial charge >= 0.3 is 0 Å². The highest BCUT2D eigenvalue weighted by molar-refractivity contribution is 5.47. The number of hydrogen-bond acceptors (Lipinski definition) is 6. The number of aryl methyl sites for hydroxylation is 1. The minimum Gasteiger partial charge on any atom is -0.364 e. The fourth-order valence-corrected chi connectivity index (χ4v) is 3.09. The summed E-state index contributed by atoms with van der Waals surface area (Å²) < 4.78 is 5.40. The van der Waals surface area contributed by atoms with E-state index in [2.05, 4.69) is 46.2 Å². The van der Waals surface area contributed by atoms with Gasteiger partial charge in [-0.25, -0.2) is 9.97 Å². The smallest absolute Gasteiger partial charge is 0.137 e. The lowest BCUT2D eigenvalue weighted by Gasteiger charge is -2.13. The maximum absolute atomic E-state index is 5.40. The molecule has 0 aromatic carbocycles. The maximum atomic E-state index is 5.40. The van der Waals surface area contributed by atoms with Crippen LogP contribution in [0.15, 0.2) is 10.6 Å². The Hall–Kier alpha value is -1.95. The Morgan fingerprint density at radius 3 is 2.83 bits per heavy atom. The highest BCUT2D eigenvalue weighted by atomic mass is 16.5. The highest BCUT2D eigenvalue weighted by Gasteiger charge is 2.18. The molecule has 2 aromatic heterocycles. The minimum atomic E-state index is 0.566. The van der Waals surface area contributed by atoms with Crippen LogP contribution in [-0.2, 0) is 25.8 Å². The van der Waals surface area contributed by atoms with Crippen molar-refractivity contribution in [2.24, 2.45) is 5.92 Å². The number of nitrogens with zero attached hydrogens (tertiary/aromatic N) is 4. The minimum absolute atomic E-state index is 0.566. The quantitative estimate of drug-likeness (QED) is 0.909. The zero-order valence-electron chi connectivity index (χ0n) is 15.1. The monoisotopic (exact) mass is 329 g/mol. The second kappa shape index (κ2) is 7.30. The molecular formula is C18H27N5O. The van der Waals surface area contributed by atoms with Crippen molar-refractivity contribution < 1.29 is 4.52 Å². The molecule has 0 atom stereocenters. The third kappa shape index (κ3) is 4.12. The van der Waals surface area contributed by atoms with Gasteiger partial charge in [0.2, 0.25) is 0 Å². The largest absolute Gasteiger partial charge is 0.364 e. The zero-order chi connectivity index (χ0) is 17.1. The summed E-state index contributed by atoms with van der Waals surface area (Å²) in [4.78, 5) is 11.6. The van der Waals surface area contributed by atoms with E-state index >= 15 is 0 Å². The molecule has 1 aliphatic rings. The first kappa shape index (κ1) is 16.9. The molecule has 0 saturated heterocycles. The lowest BCUT2D eigenvalue weighted by molar-refractivity contribution is 0.352. The van der Waals surface area contributed by atoms with E-state index in [1.807, 2.05) is 13.0 Å². The Balaban J connectivity index is 1.73. The summed E-state index contributed by atoms with van der Waals surface area (Å²) in [6, 6.07) is 2.04. The van der Waals surface area contributed by atoms with Gasteiger partial charge in [-0.05, 0) is 26.3 Å². The molecular weight excluding hydrogens is 302 g/mol. The van der Waals surface area contributed by atoms with Gasteiger partial charge in [-0.3, -0.25) is 0 Å². The molecule has 6 heteroatoms. The first-order chi connectivity index (χ1) is 11.5. The van der Waals surface area contributed by atoms with Crippen LogP contribution >= 0.6 is 0 Å². The summed E-state index contributed by atoms with van der Waals surface area (Å²) in [5, 5.41) is 7.61. The van der Waals surface area contributed by atoms with Crippen LogP contribution < -0.4 is 5.32 Å². The molecule has 2 aromatic rings. The van der Waals surface area contributed by atoms with Gasteiger partial charge in [0, 0.05) is 37.6 Å². The van der Waals surface area contributed by atoms with Crippen molar-refractivity contribution >= 4 is 5.82 Å². The second-order valence-corrected chi connectivity index (χ2v) is 7.08. The summed E-state index contributed by atoms with van der Waals surface area (Å²) in [7, 11) is 2.16. The molecule has 0 aliphatic carbocycles. The zero-order valence-corrected chi connectivity index (χ0v) is 15.1. The maximum Gasteiger partial charge on any atom is 0.137 e. The molecule has 130 valence electrons. The topological polar surface area (TPSA) is 67.1 Å². The molecule has 3 rings (SSSR count). The van der Waals surface area contributed by atoms with E-state index in [-0.39, 0.29) is 0 Å². The second-order valence-electron chi connectivity index (χ2n) is 7.08. The first-order valence-corrected chi connectivity index (χ1v) is 8.74. The molecule has 0 amide bonds. The van der Waals surface area contributed by atoms with Gasteiger partial charge in [0.25, 0.3) is 0 Å². The standard InChI is InChI=1S/C18H27N5O/c1-12(2)9-15-10-14(22-24-15)11-19-18-16-5-7-23(4)8-6-17(16)20-13(3)21-18/h10,12H,5-9,11H2,1-4H3,(H,19,20,21). The SMILES string of the molecule is Cc1nc2c(c(NCc3cc(CC(C)C)on3)n1)CCN(C)CC2. The summed E-state index contributed by atoms with van der Waals surface area (Å²) in [6.45, 7) is 9.02. The molecule has 0 saturated carbocycles. The average Bonchev–Trinajstić information content (AvgIpc) is 2.87. The van der Waals surface area contributed by atoms with E-state index in [1.165, 1.54) is 11.3 Å². The van der Waals surface area contributed by atoms with Crippen molar-refractivity contribution in [1.29, 1.82) is 0 Å². The Labute approximate surface area is 143 Å². The highest BCUT2D eigenvalue weighted by Crippen LogP contribution is 2.22. The normalized spacial score (nSPS) is 15.4. The van der Waals surface area contributed by atoms with Crippen molar-refractivity contribution in [3.05, 3.63) is 34.6 Å². The van der Waals surface area contributed by atoms with Gasteiger partial charge in [0.15, 0.2) is 0 Å². The van der Waals surface area contributed by atoms with E-state index in [9.17, 15) is 0 Å². The molecule has 0 bridgehead atoms. The average molecular weight is 329 g/mol. The van der Waals surface area contributed by atoms with E-state index in [1.54, 1.807) is 0 Å². The molecule has 1 N–H and O–H groups in total. The fourth-order valence-electron chi connectivity index (χ4n) is 3.09. The molecule has 0 fully saturated rings. The van der Waals surface area contributed by atoms with E-state index < -0.39 is 0 Å². The van der Waals surface area contributed by atoms with Crippen LogP contribution in [0, 0.1) is 12.8 Å². The van der Waals surface area contributed by atoms with Gasteiger partial charge in [-0.2, -0.15) is 0 Å². The Morgan fingerprint density at radius 1 is 1.25 bits per heavy atom. The third-order valence-corrected chi connectivity index (χ3v) is 4.33. The summed E-state index contributed by atoms with van der Waals surface area (Å²) in [5.74, 6) is 3.28. The van der Waals surface area contributed by atoms with Crippen LogP contribution in [-0.4, -0.2) is 40.2 Å². The van der Waals surface area contributed by atoms with Gasteiger partial charge in [-0.15, -0.1) is 0 Å². The number of hydrogen-bond donors (Lipinski definition) is 1. The van der Waals surface area contributed by atoms with Crippen LogP contribution in [0.25, 0.3) is 0 Å². The van der Waals surface area contributed by atoms with Crippen LogP contribution in [0.2, 0.25) is 0 Å². The predicted molar refractivity (Wildman–Crippen MR) is 94.0 cm³/mol. The van der Waals surface area contributed by atoms with Crippen molar-refractivity contribution in [3.63, 3.8) is 0 Å². The van der Waals surface area contributed by atoms with Gasteiger partial charge in [0.05, 0.1) is 12.2 Å². The van der Waals surface area contributed by atoms with Crippen LogP contribution in [0.1, 0.15) is 42.4 Å². The number of fused-ring (bicyclic) bond motifs is 1. The number of likely N-dealkylation sites (N-methyl/N-ethyl adjacent to an activating group) is 1. The Bertz CT molecular complexity index is 695. The molecule has 0 unspecified atom stereocenters. The number of anilines is 1.